The predicted octanol–water partition coefficient (Wildman–Crippen LogP) is 2.44. The molecule has 0 spiro atoms. The fourth-order valence-corrected chi connectivity index (χ4v) is 1.81. The SMILES string of the molecule is CC(C)CC(O)C1CC1(C)C. The second-order valence-electron chi connectivity index (χ2n) is 5.00. The molecule has 0 aromatic heterocycles. The highest BCUT2D eigenvalue weighted by atomic mass is 16.3. The molecule has 66 valence electrons. The van der Waals surface area contributed by atoms with Gasteiger partial charge in [-0.25, -0.2) is 0 Å². The van der Waals surface area contributed by atoms with E-state index in [4.69, 9.17) is 0 Å². The lowest BCUT2D eigenvalue weighted by Crippen LogP contribution is -2.15. The Hall–Kier alpha value is -0.0400. The minimum atomic E-state index is -0.0509. The molecular weight excluding hydrogens is 136 g/mol. The molecule has 0 radical (unpaired) electrons. The Labute approximate surface area is 69.8 Å². The van der Waals surface area contributed by atoms with Gasteiger partial charge in [-0.05, 0) is 30.1 Å². The monoisotopic (exact) mass is 156 g/mol. The molecule has 0 bridgehead atoms. The predicted molar refractivity (Wildman–Crippen MR) is 47.3 cm³/mol. The molecule has 0 aromatic rings. The molecule has 1 fully saturated rings. The van der Waals surface area contributed by atoms with E-state index in [0.717, 1.165) is 6.42 Å². The average Bonchev–Trinajstić information content (AvgIpc) is 2.38. The maximum absolute atomic E-state index is 9.69. The molecule has 0 amide bonds. The summed E-state index contributed by atoms with van der Waals surface area (Å²) in [6.45, 7) is 8.81. The van der Waals surface area contributed by atoms with Crippen molar-refractivity contribution in [3.05, 3.63) is 0 Å². The van der Waals surface area contributed by atoms with Gasteiger partial charge in [-0.2, -0.15) is 0 Å². The highest BCUT2D eigenvalue weighted by Gasteiger charge is 2.49. The first-order chi connectivity index (χ1) is 4.93. The lowest BCUT2D eigenvalue weighted by molar-refractivity contribution is 0.113. The van der Waals surface area contributed by atoms with Gasteiger partial charge in [0, 0.05) is 0 Å². The smallest absolute Gasteiger partial charge is 0.0576 e. The Morgan fingerprint density at radius 2 is 1.91 bits per heavy atom. The van der Waals surface area contributed by atoms with E-state index in [2.05, 4.69) is 27.7 Å². The molecule has 2 atom stereocenters. The average molecular weight is 156 g/mol. The summed E-state index contributed by atoms with van der Waals surface area (Å²) in [6, 6.07) is 0. The molecule has 1 aliphatic rings. The first kappa shape index (κ1) is 9.05. The first-order valence-corrected chi connectivity index (χ1v) is 4.61. The molecule has 0 heterocycles. The summed E-state index contributed by atoms with van der Waals surface area (Å²) in [6.07, 6.45) is 2.12. The van der Waals surface area contributed by atoms with E-state index in [9.17, 15) is 5.11 Å². The summed E-state index contributed by atoms with van der Waals surface area (Å²) in [7, 11) is 0. The fourth-order valence-electron chi connectivity index (χ4n) is 1.81. The molecular formula is C10H20O. The molecule has 1 heteroatoms. The van der Waals surface area contributed by atoms with Gasteiger partial charge in [0.2, 0.25) is 0 Å². The van der Waals surface area contributed by atoms with Crippen molar-refractivity contribution >= 4 is 0 Å². The second kappa shape index (κ2) is 2.78. The minimum Gasteiger partial charge on any atom is -0.393 e. The van der Waals surface area contributed by atoms with Crippen LogP contribution in [0.25, 0.3) is 0 Å². The highest BCUT2D eigenvalue weighted by Crippen LogP contribution is 2.54. The zero-order valence-corrected chi connectivity index (χ0v) is 8.09. The molecule has 2 unspecified atom stereocenters. The summed E-state index contributed by atoms with van der Waals surface area (Å²) < 4.78 is 0. The van der Waals surface area contributed by atoms with Gasteiger partial charge < -0.3 is 5.11 Å². The van der Waals surface area contributed by atoms with Crippen molar-refractivity contribution in [3.8, 4) is 0 Å². The van der Waals surface area contributed by atoms with Crippen LogP contribution in [-0.4, -0.2) is 11.2 Å². The van der Waals surface area contributed by atoms with Gasteiger partial charge in [0.25, 0.3) is 0 Å². The van der Waals surface area contributed by atoms with Crippen LogP contribution >= 0.6 is 0 Å². The molecule has 0 aliphatic heterocycles. The third kappa shape index (κ3) is 2.19. The van der Waals surface area contributed by atoms with Gasteiger partial charge in [0.1, 0.15) is 0 Å². The van der Waals surface area contributed by atoms with E-state index in [1.807, 2.05) is 0 Å². The number of rotatable bonds is 3. The quantitative estimate of drug-likeness (QED) is 0.665. The second-order valence-corrected chi connectivity index (χ2v) is 5.00. The highest BCUT2D eigenvalue weighted by molar-refractivity contribution is 4.99. The zero-order valence-electron chi connectivity index (χ0n) is 8.09. The third-order valence-corrected chi connectivity index (χ3v) is 2.77. The molecule has 0 aromatic carbocycles. The van der Waals surface area contributed by atoms with Crippen LogP contribution in [0.4, 0.5) is 0 Å². The van der Waals surface area contributed by atoms with Crippen molar-refractivity contribution in [3.63, 3.8) is 0 Å². The molecule has 1 saturated carbocycles. The van der Waals surface area contributed by atoms with Crippen LogP contribution in [0.15, 0.2) is 0 Å². The summed E-state index contributed by atoms with van der Waals surface area (Å²) in [5, 5.41) is 9.69. The number of hydrogen-bond donors (Lipinski definition) is 1. The zero-order chi connectivity index (χ0) is 8.65. The van der Waals surface area contributed by atoms with Crippen LogP contribution in [0.5, 0.6) is 0 Å². The Morgan fingerprint density at radius 3 is 2.18 bits per heavy atom. The molecule has 11 heavy (non-hydrogen) atoms. The van der Waals surface area contributed by atoms with E-state index in [1.54, 1.807) is 0 Å². The Morgan fingerprint density at radius 1 is 1.45 bits per heavy atom. The lowest BCUT2D eigenvalue weighted by atomic mass is 9.98. The van der Waals surface area contributed by atoms with Crippen molar-refractivity contribution in [1.82, 2.24) is 0 Å². The van der Waals surface area contributed by atoms with Crippen molar-refractivity contribution in [2.45, 2.75) is 46.6 Å². The van der Waals surface area contributed by atoms with Crippen LogP contribution in [0.3, 0.4) is 0 Å². The molecule has 0 saturated heterocycles. The first-order valence-electron chi connectivity index (χ1n) is 4.61. The number of aliphatic hydroxyl groups is 1. The van der Waals surface area contributed by atoms with Gasteiger partial charge >= 0.3 is 0 Å². The number of hydrogen-bond acceptors (Lipinski definition) is 1. The molecule has 1 nitrogen and oxygen atoms in total. The Balaban J connectivity index is 2.28. The Kier molecular flexibility index (Phi) is 2.29. The van der Waals surface area contributed by atoms with E-state index in [0.29, 0.717) is 17.3 Å². The van der Waals surface area contributed by atoms with E-state index >= 15 is 0 Å². The van der Waals surface area contributed by atoms with Crippen molar-refractivity contribution < 1.29 is 5.11 Å². The van der Waals surface area contributed by atoms with Gasteiger partial charge in [-0.15, -0.1) is 0 Å². The largest absolute Gasteiger partial charge is 0.393 e. The summed E-state index contributed by atoms with van der Waals surface area (Å²) in [4.78, 5) is 0. The van der Waals surface area contributed by atoms with E-state index < -0.39 is 0 Å². The Bertz CT molecular complexity index is 138. The van der Waals surface area contributed by atoms with Crippen LogP contribution in [0.2, 0.25) is 0 Å². The minimum absolute atomic E-state index is 0.0509. The van der Waals surface area contributed by atoms with Crippen LogP contribution in [0, 0.1) is 17.3 Å². The summed E-state index contributed by atoms with van der Waals surface area (Å²) in [5.41, 5.74) is 0.425. The fraction of sp³-hybridized carbons (Fsp3) is 1.00. The maximum Gasteiger partial charge on any atom is 0.0576 e. The van der Waals surface area contributed by atoms with Crippen molar-refractivity contribution in [1.29, 1.82) is 0 Å². The van der Waals surface area contributed by atoms with E-state index in [1.165, 1.54) is 6.42 Å². The number of aliphatic hydroxyl groups excluding tert-OH is 1. The molecule has 1 N–H and O–H groups in total. The van der Waals surface area contributed by atoms with Crippen LogP contribution in [-0.2, 0) is 0 Å². The van der Waals surface area contributed by atoms with Crippen LogP contribution < -0.4 is 0 Å². The van der Waals surface area contributed by atoms with Crippen molar-refractivity contribution in [2.24, 2.45) is 17.3 Å². The lowest BCUT2D eigenvalue weighted by Gasteiger charge is -2.14. The normalized spacial score (nSPS) is 30.5. The molecule has 1 rings (SSSR count). The third-order valence-electron chi connectivity index (χ3n) is 2.77. The maximum atomic E-state index is 9.69. The van der Waals surface area contributed by atoms with E-state index in [-0.39, 0.29) is 6.10 Å². The summed E-state index contributed by atoms with van der Waals surface area (Å²) in [5.74, 6) is 1.20. The summed E-state index contributed by atoms with van der Waals surface area (Å²) >= 11 is 0. The van der Waals surface area contributed by atoms with Crippen molar-refractivity contribution in [2.75, 3.05) is 0 Å². The van der Waals surface area contributed by atoms with Crippen LogP contribution in [0.1, 0.15) is 40.5 Å². The standard InChI is InChI=1S/C10H20O/c1-7(2)5-9(11)8-6-10(8,3)4/h7-9,11H,5-6H2,1-4H3. The van der Waals surface area contributed by atoms with Gasteiger partial charge in [0.05, 0.1) is 6.10 Å². The van der Waals surface area contributed by atoms with Gasteiger partial charge in [-0.3, -0.25) is 0 Å². The topological polar surface area (TPSA) is 20.2 Å². The molecule has 1 aliphatic carbocycles. The van der Waals surface area contributed by atoms with Gasteiger partial charge in [-0.1, -0.05) is 27.7 Å². The van der Waals surface area contributed by atoms with Gasteiger partial charge in [0.15, 0.2) is 0 Å².